The summed E-state index contributed by atoms with van der Waals surface area (Å²) in [4.78, 5) is 39.9. The van der Waals surface area contributed by atoms with Crippen LogP contribution in [0.1, 0.15) is 45.1 Å². The lowest BCUT2D eigenvalue weighted by molar-refractivity contribution is -0.130. The van der Waals surface area contributed by atoms with Crippen molar-refractivity contribution in [3.05, 3.63) is 46.9 Å². The molecule has 1 aliphatic carbocycles. The third-order valence-corrected chi connectivity index (χ3v) is 5.95. The summed E-state index contributed by atoms with van der Waals surface area (Å²) >= 11 is 0. The van der Waals surface area contributed by atoms with E-state index in [0.717, 1.165) is 5.70 Å². The maximum atomic E-state index is 13.5. The highest BCUT2D eigenvalue weighted by molar-refractivity contribution is 6.04. The van der Waals surface area contributed by atoms with Crippen LogP contribution in [0.2, 0.25) is 0 Å². The molecule has 2 aliphatic heterocycles. The van der Waals surface area contributed by atoms with Crippen LogP contribution >= 0.6 is 0 Å². The van der Waals surface area contributed by atoms with Crippen LogP contribution in [-0.4, -0.2) is 35.3 Å². The molecule has 2 N–H and O–H groups in total. The van der Waals surface area contributed by atoms with E-state index in [1.165, 1.54) is 12.1 Å². The predicted molar refractivity (Wildman–Crippen MR) is 101 cm³/mol. The van der Waals surface area contributed by atoms with E-state index in [0.29, 0.717) is 30.5 Å². The molecular weight excluding hydrogens is 361 g/mol. The maximum Gasteiger partial charge on any atom is 0.325 e. The topological polar surface area (TPSA) is 78.5 Å². The van der Waals surface area contributed by atoms with Crippen LogP contribution in [0.25, 0.3) is 0 Å². The highest BCUT2D eigenvalue weighted by atomic mass is 19.1. The van der Waals surface area contributed by atoms with Crippen molar-refractivity contribution in [2.45, 2.75) is 45.7 Å². The normalized spacial score (nSPS) is 29.1. The summed E-state index contributed by atoms with van der Waals surface area (Å²) in [5.74, 6) is -1.97. The summed E-state index contributed by atoms with van der Waals surface area (Å²) in [7, 11) is 0. The van der Waals surface area contributed by atoms with Crippen molar-refractivity contribution >= 4 is 17.7 Å². The Morgan fingerprint density at radius 2 is 1.82 bits per heavy atom. The molecule has 0 spiro atoms. The summed E-state index contributed by atoms with van der Waals surface area (Å²) in [6, 6.07) is 5.49. The molecule has 3 atom stereocenters. The van der Waals surface area contributed by atoms with E-state index in [2.05, 4.69) is 10.6 Å². The van der Waals surface area contributed by atoms with Gasteiger partial charge in [0, 0.05) is 30.2 Å². The van der Waals surface area contributed by atoms with Gasteiger partial charge in [-0.25, -0.2) is 9.18 Å². The zero-order valence-electron chi connectivity index (χ0n) is 16.2. The van der Waals surface area contributed by atoms with Crippen molar-refractivity contribution in [1.29, 1.82) is 0 Å². The van der Waals surface area contributed by atoms with Crippen molar-refractivity contribution in [2.24, 2.45) is 11.3 Å². The number of nitrogens with zero attached hydrogens (tertiary/aromatic N) is 1. The number of hydrogen-bond acceptors (Lipinski definition) is 4. The van der Waals surface area contributed by atoms with E-state index in [4.69, 9.17) is 0 Å². The lowest BCUT2D eigenvalue weighted by Crippen LogP contribution is -2.68. The van der Waals surface area contributed by atoms with E-state index in [1.54, 1.807) is 17.0 Å². The van der Waals surface area contributed by atoms with E-state index in [-0.39, 0.29) is 17.0 Å². The molecule has 0 aromatic heterocycles. The van der Waals surface area contributed by atoms with Crippen molar-refractivity contribution < 1.29 is 18.8 Å². The summed E-state index contributed by atoms with van der Waals surface area (Å²) < 4.78 is 13.5. The maximum absolute atomic E-state index is 13.5. The van der Waals surface area contributed by atoms with Gasteiger partial charge in [0.1, 0.15) is 12.0 Å². The number of rotatable bonds is 2. The fraction of sp³-hybridized carbons (Fsp3) is 0.476. The Kier molecular flexibility index (Phi) is 4.28. The number of carbonyl (C=O) groups is 3. The molecule has 0 bridgehead atoms. The quantitative estimate of drug-likeness (QED) is 0.821. The van der Waals surface area contributed by atoms with Crippen LogP contribution in [-0.2, 0) is 9.59 Å². The molecule has 1 aromatic carbocycles. The van der Waals surface area contributed by atoms with E-state index < -0.39 is 29.9 Å². The van der Waals surface area contributed by atoms with Gasteiger partial charge in [-0.15, -0.1) is 0 Å². The number of nitrogens with one attached hydrogen (secondary N) is 2. The molecule has 1 aromatic rings. The van der Waals surface area contributed by atoms with Gasteiger partial charge in [0.15, 0.2) is 5.78 Å². The second-order valence-corrected chi connectivity index (χ2v) is 8.56. The summed E-state index contributed by atoms with van der Waals surface area (Å²) in [6.45, 7) is 6.33. The van der Waals surface area contributed by atoms with Gasteiger partial charge in [0.25, 0.3) is 0 Å². The minimum atomic E-state index is -0.660. The van der Waals surface area contributed by atoms with Gasteiger partial charge in [0.2, 0.25) is 5.91 Å². The molecule has 3 unspecified atom stereocenters. The smallest absolute Gasteiger partial charge is 0.325 e. The fourth-order valence-electron chi connectivity index (χ4n) is 4.79. The number of carbonyl (C=O) groups excluding carboxylic acids is 3. The van der Waals surface area contributed by atoms with Gasteiger partial charge >= 0.3 is 6.03 Å². The Bertz CT molecular complexity index is 891. The van der Waals surface area contributed by atoms with Crippen LogP contribution in [0.5, 0.6) is 0 Å². The molecule has 2 heterocycles. The molecule has 28 heavy (non-hydrogen) atoms. The molecule has 1 fully saturated rings. The number of hydrogen-bond donors (Lipinski definition) is 2. The molecule has 1 saturated heterocycles. The van der Waals surface area contributed by atoms with Crippen LogP contribution in [0.15, 0.2) is 35.5 Å². The van der Waals surface area contributed by atoms with Crippen molar-refractivity contribution in [2.75, 3.05) is 6.54 Å². The highest BCUT2D eigenvalue weighted by Gasteiger charge is 2.53. The van der Waals surface area contributed by atoms with Crippen molar-refractivity contribution in [1.82, 2.24) is 15.5 Å². The first kappa shape index (κ1) is 18.7. The van der Waals surface area contributed by atoms with E-state index >= 15 is 0 Å². The second-order valence-electron chi connectivity index (χ2n) is 8.56. The van der Waals surface area contributed by atoms with Gasteiger partial charge in [-0.1, -0.05) is 26.0 Å². The fourth-order valence-corrected chi connectivity index (χ4v) is 4.79. The summed E-state index contributed by atoms with van der Waals surface area (Å²) in [6.07, 6.45) is 0.505. The zero-order chi connectivity index (χ0) is 20.2. The Morgan fingerprint density at radius 3 is 2.46 bits per heavy atom. The SMILES string of the molecule is CCN1C(=O)NC(=O)C2C(c3ccc(F)cc3)C3=C(CC(C)(C)CC3=O)NC21. The van der Waals surface area contributed by atoms with Gasteiger partial charge in [-0.05, 0) is 36.5 Å². The van der Waals surface area contributed by atoms with Gasteiger partial charge < -0.3 is 10.2 Å². The Balaban J connectivity index is 1.90. The number of urea groups is 1. The van der Waals surface area contributed by atoms with E-state index in [9.17, 15) is 18.8 Å². The lowest BCUT2D eigenvalue weighted by atomic mass is 9.66. The number of halogens is 1. The second kappa shape index (κ2) is 6.43. The Labute approximate surface area is 163 Å². The third-order valence-electron chi connectivity index (χ3n) is 5.95. The number of ketones is 1. The number of allylic oxidation sites excluding steroid dienone is 2. The molecule has 4 rings (SSSR count). The van der Waals surface area contributed by atoms with Gasteiger partial charge in [-0.3, -0.25) is 14.9 Å². The molecule has 0 radical (unpaired) electrons. The summed E-state index contributed by atoms with van der Waals surface area (Å²) in [5, 5.41) is 5.76. The largest absolute Gasteiger partial charge is 0.367 e. The standard InChI is InChI=1S/C21H24FN3O3/c1-4-25-18-17(19(27)24-20(25)28)15(11-5-7-12(22)8-6-11)16-13(23-18)9-21(2,3)10-14(16)26/h5-8,15,17-18,23H,4,9-10H2,1-3H3,(H,24,27,28). The number of Topliss-reactive ketones (excluding diaryl/α,β-unsaturated/α-hetero) is 1. The van der Waals surface area contributed by atoms with E-state index in [1.807, 2.05) is 20.8 Å². The third kappa shape index (κ3) is 2.89. The molecule has 148 valence electrons. The lowest BCUT2D eigenvalue weighted by Gasteiger charge is -2.50. The molecule has 3 amide bonds. The van der Waals surface area contributed by atoms with Gasteiger partial charge in [-0.2, -0.15) is 0 Å². The minimum Gasteiger partial charge on any atom is -0.367 e. The first-order chi connectivity index (χ1) is 13.2. The van der Waals surface area contributed by atoms with Crippen LogP contribution < -0.4 is 10.6 Å². The van der Waals surface area contributed by atoms with Gasteiger partial charge in [0.05, 0.1) is 5.92 Å². The van der Waals surface area contributed by atoms with Crippen LogP contribution in [0, 0.1) is 17.2 Å². The molecular formula is C21H24FN3O3. The van der Waals surface area contributed by atoms with Crippen LogP contribution in [0.3, 0.4) is 0 Å². The number of benzene rings is 1. The number of amides is 3. The molecule has 3 aliphatic rings. The Morgan fingerprint density at radius 1 is 1.14 bits per heavy atom. The van der Waals surface area contributed by atoms with Crippen molar-refractivity contribution in [3.63, 3.8) is 0 Å². The monoisotopic (exact) mass is 385 g/mol. The Hall–Kier alpha value is -2.70. The molecule has 0 saturated carbocycles. The molecule has 7 heteroatoms. The first-order valence-electron chi connectivity index (χ1n) is 9.61. The number of imide groups is 1. The minimum absolute atomic E-state index is 0.000673. The van der Waals surface area contributed by atoms with Crippen molar-refractivity contribution in [3.8, 4) is 0 Å². The summed E-state index contributed by atoms with van der Waals surface area (Å²) in [5.41, 5.74) is 1.88. The average Bonchev–Trinajstić information content (AvgIpc) is 2.60. The number of fused-ring (bicyclic) bond motifs is 1. The first-order valence-corrected chi connectivity index (χ1v) is 9.61. The molecule has 6 nitrogen and oxygen atoms in total. The average molecular weight is 385 g/mol. The highest BCUT2D eigenvalue weighted by Crippen LogP contribution is 2.48. The predicted octanol–water partition coefficient (Wildman–Crippen LogP) is 2.67. The zero-order valence-corrected chi connectivity index (χ0v) is 16.2. The van der Waals surface area contributed by atoms with Crippen LogP contribution in [0.4, 0.5) is 9.18 Å².